The lowest BCUT2D eigenvalue weighted by Crippen LogP contribution is -2.58. The third kappa shape index (κ3) is 1.92. The molecule has 1 fully saturated rings. The Balaban J connectivity index is 1.82. The van der Waals surface area contributed by atoms with Crippen molar-refractivity contribution in [2.75, 3.05) is 11.4 Å². The van der Waals surface area contributed by atoms with Gasteiger partial charge in [-0.25, -0.2) is 4.39 Å². The Kier molecular flexibility index (Phi) is 3.07. The summed E-state index contributed by atoms with van der Waals surface area (Å²) >= 11 is 0. The number of hydrogen-bond acceptors (Lipinski definition) is 2. The van der Waals surface area contributed by atoms with Crippen molar-refractivity contribution in [3.8, 4) is 0 Å². The second-order valence-corrected chi connectivity index (χ2v) is 6.93. The lowest BCUT2D eigenvalue weighted by atomic mass is 9.75. The van der Waals surface area contributed by atoms with Crippen LogP contribution in [0.4, 0.5) is 10.1 Å². The molecule has 3 nitrogen and oxygen atoms in total. The van der Waals surface area contributed by atoms with Gasteiger partial charge in [-0.2, -0.15) is 0 Å². The molecule has 2 aliphatic rings. The van der Waals surface area contributed by atoms with Crippen molar-refractivity contribution in [2.24, 2.45) is 0 Å². The second-order valence-electron chi connectivity index (χ2n) is 6.93. The summed E-state index contributed by atoms with van der Waals surface area (Å²) in [5, 5.41) is 3.17. The Hall–Kier alpha value is -2.62. The van der Waals surface area contributed by atoms with Crippen molar-refractivity contribution in [3.05, 3.63) is 71.6 Å². The highest BCUT2D eigenvalue weighted by atomic mass is 19.1. The molecular weight excluding hydrogens is 303 g/mol. The van der Waals surface area contributed by atoms with Gasteiger partial charge in [-0.1, -0.05) is 50.3 Å². The van der Waals surface area contributed by atoms with E-state index in [0.717, 1.165) is 11.3 Å². The first-order valence-corrected chi connectivity index (χ1v) is 8.07. The van der Waals surface area contributed by atoms with Gasteiger partial charge in [0, 0.05) is 11.1 Å². The van der Waals surface area contributed by atoms with Crippen LogP contribution in [0.5, 0.6) is 0 Å². The zero-order chi connectivity index (χ0) is 16.9. The number of carbonyl (C=O) groups is 1. The average Bonchev–Trinajstić information content (AvgIpc) is 2.99. The van der Waals surface area contributed by atoms with Gasteiger partial charge in [-0.15, -0.1) is 0 Å². The quantitative estimate of drug-likeness (QED) is 0.918. The van der Waals surface area contributed by atoms with Gasteiger partial charge >= 0.3 is 0 Å². The fourth-order valence-corrected chi connectivity index (χ4v) is 3.93. The van der Waals surface area contributed by atoms with Crippen LogP contribution in [0.3, 0.4) is 0 Å². The summed E-state index contributed by atoms with van der Waals surface area (Å²) in [6, 6.07) is 14.6. The molecule has 0 saturated carbocycles. The highest BCUT2D eigenvalue weighted by Crippen LogP contribution is 2.52. The number of fused-ring (bicyclic) bond motifs is 3. The summed E-state index contributed by atoms with van der Waals surface area (Å²) < 4.78 is 13.1. The molecule has 1 saturated heterocycles. The number of anilines is 1. The molecule has 1 amide bonds. The summed E-state index contributed by atoms with van der Waals surface area (Å²) in [5.41, 5.74) is 2.31. The fraction of sp³-hybridized carbons (Fsp3) is 0.250. The molecule has 24 heavy (non-hydrogen) atoms. The maximum Gasteiger partial charge on any atom is 0.241 e. The van der Waals surface area contributed by atoms with Gasteiger partial charge in [0.2, 0.25) is 5.91 Å². The van der Waals surface area contributed by atoms with E-state index in [2.05, 4.69) is 36.2 Å². The van der Waals surface area contributed by atoms with E-state index in [4.69, 9.17) is 0 Å². The summed E-state index contributed by atoms with van der Waals surface area (Å²) in [5.74, 6) is -0.240. The first-order valence-electron chi connectivity index (χ1n) is 8.07. The molecule has 0 bridgehead atoms. The van der Waals surface area contributed by atoms with Crippen LogP contribution in [0.2, 0.25) is 0 Å². The minimum atomic E-state index is -0.609. The minimum Gasteiger partial charge on any atom is -0.335 e. The number of para-hydroxylation sites is 1. The zero-order valence-corrected chi connectivity index (χ0v) is 13.7. The Morgan fingerprint density at radius 1 is 1.12 bits per heavy atom. The number of amides is 1. The maximum absolute atomic E-state index is 13.1. The number of nitrogens with one attached hydrogen (secondary N) is 1. The standard InChI is InChI=1S/C20H19FN2O/c1-19(2)16-5-3-4-6-17(16)23-13-18(24)22-20(19,23)12-11-14-7-9-15(21)10-8-14/h3-12H,13H2,1-2H3,(H,22,24). The van der Waals surface area contributed by atoms with E-state index in [1.165, 1.54) is 17.7 Å². The van der Waals surface area contributed by atoms with E-state index in [1.807, 2.05) is 24.3 Å². The molecule has 0 radical (unpaired) electrons. The van der Waals surface area contributed by atoms with E-state index in [1.54, 1.807) is 12.1 Å². The highest BCUT2D eigenvalue weighted by Gasteiger charge is 2.59. The van der Waals surface area contributed by atoms with Crippen LogP contribution >= 0.6 is 0 Å². The molecule has 0 aliphatic carbocycles. The smallest absolute Gasteiger partial charge is 0.241 e. The third-order valence-electron chi connectivity index (χ3n) is 5.27. The summed E-state index contributed by atoms with van der Waals surface area (Å²) in [4.78, 5) is 14.3. The molecule has 4 heteroatoms. The topological polar surface area (TPSA) is 32.3 Å². The molecule has 1 unspecified atom stereocenters. The minimum absolute atomic E-state index is 0.0151. The van der Waals surface area contributed by atoms with Gasteiger partial charge in [0.1, 0.15) is 11.5 Å². The van der Waals surface area contributed by atoms with Gasteiger partial charge in [0.25, 0.3) is 0 Å². The first-order chi connectivity index (χ1) is 11.4. The molecular formula is C20H19FN2O. The second kappa shape index (κ2) is 4.94. The summed E-state index contributed by atoms with van der Waals surface area (Å²) in [6.07, 6.45) is 3.98. The zero-order valence-electron chi connectivity index (χ0n) is 13.7. The number of hydrogen-bond donors (Lipinski definition) is 1. The number of benzene rings is 2. The summed E-state index contributed by atoms with van der Waals surface area (Å²) in [6.45, 7) is 4.63. The Morgan fingerprint density at radius 2 is 1.83 bits per heavy atom. The van der Waals surface area contributed by atoms with E-state index in [9.17, 15) is 9.18 Å². The predicted octanol–water partition coefficient (Wildman–Crippen LogP) is 3.46. The van der Waals surface area contributed by atoms with Crippen molar-refractivity contribution >= 4 is 17.7 Å². The van der Waals surface area contributed by atoms with E-state index >= 15 is 0 Å². The van der Waals surface area contributed by atoms with Gasteiger partial charge in [-0.05, 0) is 35.4 Å². The van der Waals surface area contributed by atoms with Crippen molar-refractivity contribution in [3.63, 3.8) is 0 Å². The molecule has 122 valence electrons. The lowest BCUT2D eigenvalue weighted by Gasteiger charge is -2.40. The van der Waals surface area contributed by atoms with Crippen molar-refractivity contribution in [2.45, 2.75) is 24.9 Å². The predicted molar refractivity (Wildman–Crippen MR) is 93.1 cm³/mol. The van der Waals surface area contributed by atoms with Crippen molar-refractivity contribution < 1.29 is 9.18 Å². The lowest BCUT2D eigenvalue weighted by molar-refractivity contribution is -0.118. The number of nitrogens with zero attached hydrogens (tertiary/aromatic N) is 1. The van der Waals surface area contributed by atoms with Gasteiger partial charge < -0.3 is 10.2 Å². The normalized spacial score (nSPS) is 24.1. The first kappa shape index (κ1) is 14.9. The Labute approximate surface area is 140 Å². The number of halogens is 1. The van der Waals surface area contributed by atoms with Crippen molar-refractivity contribution in [1.29, 1.82) is 0 Å². The summed E-state index contributed by atoms with van der Waals surface area (Å²) in [7, 11) is 0. The van der Waals surface area contributed by atoms with Crippen LogP contribution < -0.4 is 10.2 Å². The SMILES string of the molecule is CC1(C)c2ccccc2N2CC(=O)NC21C=Cc1ccc(F)cc1. The molecule has 2 aromatic carbocycles. The van der Waals surface area contributed by atoms with E-state index < -0.39 is 5.66 Å². The van der Waals surface area contributed by atoms with Crippen molar-refractivity contribution in [1.82, 2.24) is 5.32 Å². The Morgan fingerprint density at radius 3 is 2.58 bits per heavy atom. The molecule has 0 aromatic heterocycles. The monoisotopic (exact) mass is 322 g/mol. The molecule has 4 rings (SSSR count). The maximum atomic E-state index is 13.1. The molecule has 1 atom stereocenters. The molecule has 2 aromatic rings. The largest absolute Gasteiger partial charge is 0.335 e. The van der Waals surface area contributed by atoms with Gasteiger partial charge in [-0.3, -0.25) is 4.79 Å². The van der Waals surface area contributed by atoms with Gasteiger partial charge in [0.15, 0.2) is 0 Å². The van der Waals surface area contributed by atoms with Crippen LogP contribution in [-0.2, 0) is 10.2 Å². The van der Waals surface area contributed by atoms with Crippen LogP contribution in [0, 0.1) is 5.82 Å². The molecule has 1 N–H and O–H groups in total. The highest BCUT2D eigenvalue weighted by molar-refractivity contribution is 5.91. The number of carbonyl (C=O) groups excluding carboxylic acids is 1. The number of rotatable bonds is 2. The average molecular weight is 322 g/mol. The molecule has 0 spiro atoms. The van der Waals surface area contributed by atoms with Crippen LogP contribution in [-0.4, -0.2) is 18.1 Å². The third-order valence-corrected chi connectivity index (χ3v) is 5.27. The van der Waals surface area contributed by atoms with Crippen LogP contribution in [0.25, 0.3) is 6.08 Å². The molecule has 2 aliphatic heterocycles. The van der Waals surface area contributed by atoms with Gasteiger partial charge in [0.05, 0.1) is 6.54 Å². The Bertz CT molecular complexity index is 841. The van der Waals surface area contributed by atoms with E-state index in [-0.39, 0.29) is 17.1 Å². The molecule has 2 heterocycles. The van der Waals surface area contributed by atoms with Crippen LogP contribution in [0.1, 0.15) is 25.0 Å². The van der Waals surface area contributed by atoms with Crippen LogP contribution in [0.15, 0.2) is 54.6 Å². The fourth-order valence-electron chi connectivity index (χ4n) is 3.93. The van der Waals surface area contributed by atoms with E-state index in [0.29, 0.717) is 6.54 Å².